The van der Waals surface area contributed by atoms with Crippen LogP contribution in [0.5, 0.6) is 0 Å². The van der Waals surface area contributed by atoms with E-state index in [9.17, 15) is 4.79 Å². The predicted octanol–water partition coefficient (Wildman–Crippen LogP) is 1.93. The normalized spacial score (nSPS) is 18.8. The molecule has 1 aliphatic heterocycles. The molecule has 0 spiro atoms. The van der Waals surface area contributed by atoms with Crippen molar-refractivity contribution in [2.24, 2.45) is 15.4 Å². The highest BCUT2D eigenvalue weighted by molar-refractivity contribution is 5.94. The van der Waals surface area contributed by atoms with Crippen molar-refractivity contribution in [3.05, 3.63) is 0 Å². The highest BCUT2D eigenvalue weighted by Crippen LogP contribution is 2.03. The molecule has 0 aromatic carbocycles. The molecule has 14 heavy (non-hydrogen) atoms. The van der Waals surface area contributed by atoms with Gasteiger partial charge in [0.05, 0.1) is 12.8 Å². The van der Waals surface area contributed by atoms with E-state index >= 15 is 0 Å². The molecule has 0 amide bonds. The van der Waals surface area contributed by atoms with Crippen molar-refractivity contribution in [1.82, 2.24) is 0 Å². The summed E-state index contributed by atoms with van der Waals surface area (Å²) < 4.78 is 4.99. The third-order valence-corrected chi connectivity index (χ3v) is 1.92. The topological polar surface area (TPSA) is 63.4 Å². The first-order valence-electron chi connectivity index (χ1n) is 4.94. The van der Waals surface area contributed by atoms with Crippen LogP contribution in [0, 0.1) is 0 Å². The molecule has 0 aromatic rings. The van der Waals surface area contributed by atoms with Gasteiger partial charge >= 0.3 is 5.97 Å². The molecule has 1 heterocycles. The molecular weight excluding hydrogens is 182 g/mol. The van der Waals surface area contributed by atoms with E-state index < -0.39 is 6.04 Å². The quantitative estimate of drug-likeness (QED) is 0.482. The van der Waals surface area contributed by atoms with E-state index in [0.717, 1.165) is 12.8 Å². The summed E-state index contributed by atoms with van der Waals surface area (Å²) in [7, 11) is 0. The van der Waals surface area contributed by atoms with E-state index in [2.05, 4.69) is 22.4 Å². The van der Waals surface area contributed by atoms with Crippen LogP contribution >= 0.6 is 0 Å². The van der Waals surface area contributed by atoms with Crippen molar-refractivity contribution >= 4 is 12.2 Å². The molecule has 1 rings (SSSR count). The second-order valence-electron chi connectivity index (χ2n) is 3.14. The van der Waals surface area contributed by atoms with Crippen LogP contribution in [0.15, 0.2) is 15.4 Å². The lowest BCUT2D eigenvalue weighted by Gasteiger charge is -2.04. The second kappa shape index (κ2) is 6.23. The van der Waals surface area contributed by atoms with Crippen molar-refractivity contribution in [2.45, 2.75) is 38.6 Å². The van der Waals surface area contributed by atoms with Gasteiger partial charge < -0.3 is 4.74 Å². The molecule has 1 unspecified atom stereocenters. The third kappa shape index (κ3) is 3.64. The summed E-state index contributed by atoms with van der Waals surface area (Å²) in [6.45, 7) is 2.61. The zero-order valence-electron chi connectivity index (χ0n) is 8.35. The zero-order chi connectivity index (χ0) is 10.2. The minimum atomic E-state index is -0.610. The first kappa shape index (κ1) is 10.8. The summed E-state index contributed by atoms with van der Waals surface area (Å²) in [6, 6.07) is -0.610. The first-order chi connectivity index (χ1) is 6.84. The second-order valence-corrected chi connectivity index (χ2v) is 3.14. The molecule has 1 aliphatic rings. The highest BCUT2D eigenvalue weighted by atomic mass is 16.5. The lowest BCUT2D eigenvalue weighted by atomic mass is 10.2. The summed E-state index contributed by atoms with van der Waals surface area (Å²) in [6.07, 6.45) is 5.76. The number of carbonyl (C=O) groups is 1. The number of carbonyl (C=O) groups excluding carboxylic acids is 1. The van der Waals surface area contributed by atoms with Crippen molar-refractivity contribution in [2.75, 3.05) is 6.61 Å². The van der Waals surface area contributed by atoms with Gasteiger partial charge in [0.2, 0.25) is 6.04 Å². The summed E-state index contributed by atoms with van der Waals surface area (Å²) in [5.41, 5.74) is 0. The number of rotatable bonds is 6. The fourth-order valence-electron chi connectivity index (χ4n) is 1.10. The van der Waals surface area contributed by atoms with Crippen LogP contribution in [0.25, 0.3) is 0 Å². The molecule has 0 aromatic heterocycles. The molecule has 0 saturated heterocycles. The predicted molar refractivity (Wildman–Crippen MR) is 52.2 cm³/mol. The van der Waals surface area contributed by atoms with Gasteiger partial charge in [-0.15, -0.1) is 10.2 Å². The molecule has 78 valence electrons. The Morgan fingerprint density at radius 2 is 2.29 bits per heavy atom. The summed E-state index contributed by atoms with van der Waals surface area (Å²) >= 11 is 0. The summed E-state index contributed by atoms with van der Waals surface area (Å²) in [5, 5.41) is 10.4. The molecule has 0 aliphatic carbocycles. The Morgan fingerprint density at radius 3 is 2.93 bits per heavy atom. The van der Waals surface area contributed by atoms with Crippen LogP contribution in [-0.4, -0.2) is 24.8 Å². The fourth-order valence-corrected chi connectivity index (χ4v) is 1.10. The Labute approximate surface area is 83.2 Å². The maximum atomic E-state index is 11.2. The molecule has 0 saturated carbocycles. The number of unbranched alkanes of at least 4 members (excludes halogenated alkanes) is 3. The molecule has 5 heteroatoms. The molecular formula is C9H15N3O2. The monoisotopic (exact) mass is 197 g/mol. The van der Waals surface area contributed by atoms with Crippen molar-refractivity contribution in [1.29, 1.82) is 0 Å². The largest absolute Gasteiger partial charge is 0.464 e. The van der Waals surface area contributed by atoms with Gasteiger partial charge in [-0.05, 0) is 11.6 Å². The standard InChI is InChI=1S/C9H15N3O2/c1-2-3-4-5-6-14-9(13)8-7-10-12-11-8/h7-8H,2-6H2,1H3. The minimum absolute atomic E-state index is 0.355. The van der Waals surface area contributed by atoms with Crippen LogP contribution in [0.3, 0.4) is 0 Å². The van der Waals surface area contributed by atoms with E-state index in [-0.39, 0.29) is 5.97 Å². The van der Waals surface area contributed by atoms with Crippen LogP contribution in [0.4, 0.5) is 0 Å². The maximum absolute atomic E-state index is 11.2. The number of nitrogens with zero attached hydrogens (tertiary/aromatic N) is 3. The van der Waals surface area contributed by atoms with Crippen LogP contribution < -0.4 is 0 Å². The molecule has 1 atom stereocenters. The molecule has 5 nitrogen and oxygen atoms in total. The van der Waals surface area contributed by atoms with Crippen molar-refractivity contribution in [3.63, 3.8) is 0 Å². The van der Waals surface area contributed by atoms with Crippen LogP contribution in [0.2, 0.25) is 0 Å². The number of hydrogen-bond donors (Lipinski definition) is 0. The average Bonchev–Trinajstić information content (AvgIpc) is 2.70. The average molecular weight is 197 g/mol. The fraction of sp³-hybridized carbons (Fsp3) is 0.778. The highest BCUT2D eigenvalue weighted by Gasteiger charge is 2.19. The van der Waals surface area contributed by atoms with E-state index in [1.807, 2.05) is 0 Å². The summed E-state index contributed by atoms with van der Waals surface area (Å²) in [4.78, 5) is 11.2. The Morgan fingerprint density at radius 1 is 1.43 bits per heavy atom. The third-order valence-electron chi connectivity index (χ3n) is 1.92. The van der Waals surface area contributed by atoms with Gasteiger partial charge in [-0.2, -0.15) is 0 Å². The lowest BCUT2D eigenvalue weighted by molar-refractivity contribution is -0.143. The molecule has 0 radical (unpaired) electrons. The van der Waals surface area contributed by atoms with E-state index in [1.165, 1.54) is 19.1 Å². The number of esters is 1. The van der Waals surface area contributed by atoms with Crippen molar-refractivity contribution < 1.29 is 9.53 Å². The Kier molecular flexibility index (Phi) is 4.82. The number of hydrogen-bond acceptors (Lipinski definition) is 5. The van der Waals surface area contributed by atoms with Crippen molar-refractivity contribution in [3.8, 4) is 0 Å². The van der Waals surface area contributed by atoms with E-state index in [4.69, 9.17) is 4.74 Å². The van der Waals surface area contributed by atoms with E-state index in [1.54, 1.807) is 0 Å². The Balaban J connectivity index is 2.03. The van der Waals surface area contributed by atoms with E-state index in [0.29, 0.717) is 6.61 Å². The van der Waals surface area contributed by atoms with Gasteiger partial charge in [0.25, 0.3) is 0 Å². The van der Waals surface area contributed by atoms with Gasteiger partial charge in [-0.25, -0.2) is 4.79 Å². The van der Waals surface area contributed by atoms with Gasteiger partial charge in [-0.1, -0.05) is 26.2 Å². The van der Waals surface area contributed by atoms with Gasteiger partial charge in [0.1, 0.15) is 0 Å². The van der Waals surface area contributed by atoms with Crippen LogP contribution in [0.1, 0.15) is 32.6 Å². The van der Waals surface area contributed by atoms with Gasteiger partial charge in [-0.3, -0.25) is 0 Å². The smallest absolute Gasteiger partial charge is 0.338 e. The lowest BCUT2D eigenvalue weighted by Crippen LogP contribution is -2.21. The minimum Gasteiger partial charge on any atom is -0.464 e. The van der Waals surface area contributed by atoms with Crippen LogP contribution in [-0.2, 0) is 9.53 Å². The Bertz CT molecular complexity index is 226. The Hall–Kier alpha value is -1.26. The molecule has 0 fully saturated rings. The maximum Gasteiger partial charge on any atom is 0.338 e. The SMILES string of the molecule is CCCCCCOC(=O)C1C=NN=N1. The molecule has 0 N–H and O–H groups in total. The molecule has 0 bridgehead atoms. The number of ether oxygens (including phenoxy) is 1. The van der Waals surface area contributed by atoms with Gasteiger partial charge in [0.15, 0.2) is 0 Å². The zero-order valence-corrected chi connectivity index (χ0v) is 8.35. The first-order valence-corrected chi connectivity index (χ1v) is 4.94. The summed E-state index contributed by atoms with van der Waals surface area (Å²) in [5.74, 6) is -0.355. The van der Waals surface area contributed by atoms with Gasteiger partial charge in [0, 0.05) is 0 Å².